The monoisotopic (exact) mass is 195 g/mol. The van der Waals surface area contributed by atoms with E-state index < -0.39 is 0 Å². The van der Waals surface area contributed by atoms with Gasteiger partial charge in [0.25, 0.3) is 0 Å². The highest BCUT2D eigenvalue weighted by molar-refractivity contribution is 4.88. The van der Waals surface area contributed by atoms with E-state index in [0.717, 1.165) is 43.6 Å². The average Bonchev–Trinajstić information content (AvgIpc) is 2.87. The van der Waals surface area contributed by atoms with Crippen molar-refractivity contribution in [2.45, 2.75) is 32.6 Å². The van der Waals surface area contributed by atoms with Gasteiger partial charge in [-0.15, -0.1) is 10.2 Å². The van der Waals surface area contributed by atoms with Gasteiger partial charge in [0.15, 0.2) is 0 Å². The van der Waals surface area contributed by atoms with Crippen LogP contribution < -0.4 is 5.32 Å². The number of hydrogen-bond acceptors (Lipinski definition) is 4. The lowest BCUT2D eigenvalue weighted by molar-refractivity contribution is 0.437. The third-order valence-corrected chi connectivity index (χ3v) is 2.43. The Balaban J connectivity index is 1.76. The minimum Gasteiger partial charge on any atom is -0.425 e. The van der Waals surface area contributed by atoms with Gasteiger partial charge in [-0.2, -0.15) is 0 Å². The zero-order chi connectivity index (χ0) is 9.80. The van der Waals surface area contributed by atoms with Crippen molar-refractivity contribution < 1.29 is 4.42 Å². The summed E-state index contributed by atoms with van der Waals surface area (Å²) in [6, 6.07) is 0. The molecule has 4 nitrogen and oxygen atoms in total. The van der Waals surface area contributed by atoms with Gasteiger partial charge < -0.3 is 9.73 Å². The minimum atomic E-state index is 0.765. The number of likely N-dealkylation sites (N-methyl/N-ethyl adjacent to an activating group) is 1. The van der Waals surface area contributed by atoms with Gasteiger partial charge in [-0.3, -0.25) is 0 Å². The van der Waals surface area contributed by atoms with Crippen molar-refractivity contribution in [3.63, 3.8) is 0 Å². The highest BCUT2D eigenvalue weighted by Gasteiger charge is 2.24. The molecule has 1 saturated carbocycles. The normalized spacial score (nSPS) is 16.1. The maximum atomic E-state index is 5.52. The molecule has 0 unspecified atom stereocenters. The fraction of sp³-hybridized carbons (Fsp3) is 0.800. The summed E-state index contributed by atoms with van der Waals surface area (Å²) >= 11 is 0. The summed E-state index contributed by atoms with van der Waals surface area (Å²) in [5.74, 6) is 2.40. The molecule has 0 saturated heterocycles. The third kappa shape index (κ3) is 2.80. The van der Waals surface area contributed by atoms with E-state index in [0.29, 0.717) is 0 Å². The molecule has 0 amide bonds. The Labute approximate surface area is 84.1 Å². The first-order valence-electron chi connectivity index (χ1n) is 5.40. The molecule has 2 rings (SSSR count). The molecular weight excluding hydrogens is 178 g/mol. The van der Waals surface area contributed by atoms with Gasteiger partial charge in [-0.1, -0.05) is 6.92 Å². The number of aromatic nitrogens is 2. The van der Waals surface area contributed by atoms with Gasteiger partial charge in [0.2, 0.25) is 11.8 Å². The van der Waals surface area contributed by atoms with E-state index in [2.05, 4.69) is 22.4 Å². The summed E-state index contributed by atoms with van der Waals surface area (Å²) < 4.78 is 5.52. The number of nitrogens with one attached hydrogen (secondary N) is 1. The molecule has 1 aliphatic carbocycles. The summed E-state index contributed by atoms with van der Waals surface area (Å²) in [5.41, 5.74) is 0. The Bertz CT molecular complexity index is 281. The second kappa shape index (κ2) is 4.55. The molecular formula is C10H17N3O. The van der Waals surface area contributed by atoms with Crippen molar-refractivity contribution in [3.8, 4) is 0 Å². The summed E-state index contributed by atoms with van der Waals surface area (Å²) in [5, 5.41) is 11.3. The van der Waals surface area contributed by atoms with Crippen molar-refractivity contribution in [1.82, 2.24) is 15.5 Å². The van der Waals surface area contributed by atoms with Gasteiger partial charge >= 0.3 is 0 Å². The SMILES string of the molecule is CCNCCc1nnc(CC2CC2)o1. The van der Waals surface area contributed by atoms with Crippen LogP contribution in [-0.2, 0) is 12.8 Å². The fourth-order valence-corrected chi connectivity index (χ4v) is 1.41. The molecule has 0 spiro atoms. The van der Waals surface area contributed by atoms with E-state index in [1.807, 2.05) is 0 Å². The van der Waals surface area contributed by atoms with Crippen LogP contribution in [0.15, 0.2) is 4.42 Å². The molecule has 0 aromatic carbocycles. The fourth-order valence-electron chi connectivity index (χ4n) is 1.41. The predicted octanol–water partition coefficient (Wildman–Crippen LogP) is 1.17. The van der Waals surface area contributed by atoms with Crippen LogP contribution in [0.4, 0.5) is 0 Å². The zero-order valence-electron chi connectivity index (χ0n) is 8.62. The lowest BCUT2D eigenvalue weighted by Crippen LogP contribution is -2.16. The van der Waals surface area contributed by atoms with Crippen LogP contribution in [0.1, 0.15) is 31.5 Å². The topological polar surface area (TPSA) is 51.0 Å². The van der Waals surface area contributed by atoms with Gasteiger partial charge in [0.1, 0.15) is 0 Å². The highest BCUT2D eigenvalue weighted by Crippen LogP contribution is 2.32. The molecule has 1 fully saturated rings. The molecule has 1 aliphatic rings. The largest absolute Gasteiger partial charge is 0.425 e. The molecule has 1 heterocycles. The lowest BCUT2D eigenvalue weighted by atomic mass is 10.3. The van der Waals surface area contributed by atoms with Crippen LogP contribution in [0.25, 0.3) is 0 Å². The summed E-state index contributed by atoms with van der Waals surface area (Å²) in [6.45, 7) is 4.00. The summed E-state index contributed by atoms with van der Waals surface area (Å²) in [4.78, 5) is 0. The molecule has 1 N–H and O–H groups in total. The lowest BCUT2D eigenvalue weighted by Gasteiger charge is -1.95. The molecule has 78 valence electrons. The van der Waals surface area contributed by atoms with Crippen LogP contribution >= 0.6 is 0 Å². The molecule has 1 aromatic heterocycles. The quantitative estimate of drug-likeness (QED) is 0.692. The van der Waals surface area contributed by atoms with Crippen LogP contribution in [0.3, 0.4) is 0 Å². The summed E-state index contributed by atoms with van der Waals surface area (Å²) in [6.07, 6.45) is 4.48. The van der Waals surface area contributed by atoms with Crippen LogP contribution in [0.2, 0.25) is 0 Å². The number of rotatable bonds is 6. The van der Waals surface area contributed by atoms with Crippen LogP contribution in [0, 0.1) is 5.92 Å². The second-order valence-electron chi connectivity index (χ2n) is 3.84. The van der Waals surface area contributed by atoms with E-state index in [9.17, 15) is 0 Å². The second-order valence-corrected chi connectivity index (χ2v) is 3.84. The smallest absolute Gasteiger partial charge is 0.217 e. The van der Waals surface area contributed by atoms with Crippen molar-refractivity contribution in [1.29, 1.82) is 0 Å². The Morgan fingerprint density at radius 2 is 2.14 bits per heavy atom. The third-order valence-electron chi connectivity index (χ3n) is 2.43. The Kier molecular flexibility index (Phi) is 3.14. The average molecular weight is 195 g/mol. The first-order chi connectivity index (χ1) is 6.88. The number of hydrogen-bond donors (Lipinski definition) is 1. The van der Waals surface area contributed by atoms with E-state index in [4.69, 9.17) is 4.42 Å². The molecule has 0 radical (unpaired) electrons. The Morgan fingerprint density at radius 3 is 2.86 bits per heavy atom. The zero-order valence-corrected chi connectivity index (χ0v) is 8.62. The molecule has 4 heteroatoms. The first kappa shape index (κ1) is 9.65. The minimum absolute atomic E-state index is 0.765. The Hall–Kier alpha value is -0.900. The number of nitrogens with zero attached hydrogens (tertiary/aromatic N) is 2. The maximum Gasteiger partial charge on any atom is 0.217 e. The van der Waals surface area contributed by atoms with Crippen LogP contribution in [0.5, 0.6) is 0 Å². The maximum absolute atomic E-state index is 5.52. The molecule has 0 atom stereocenters. The van der Waals surface area contributed by atoms with Gasteiger partial charge in [-0.05, 0) is 25.3 Å². The van der Waals surface area contributed by atoms with Gasteiger partial charge in [0.05, 0.1) is 0 Å². The summed E-state index contributed by atoms with van der Waals surface area (Å²) in [7, 11) is 0. The van der Waals surface area contributed by atoms with Crippen molar-refractivity contribution >= 4 is 0 Å². The first-order valence-corrected chi connectivity index (χ1v) is 5.40. The molecule has 1 aromatic rings. The van der Waals surface area contributed by atoms with Crippen molar-refractivity contribution in [2.75, 3.05) is 13.1 Å². The molecule has 14 heavy (non-hydrogen) atoms. The van der Waals surface area contributed by atoms with Gasteiger partial charge in [0, 0.05) is 19.4 Å². The highest BCUT2D eigenvalue weighted by atomic mass is 16.4. The Morgan fingerprint density at radius 1 is 1.36 bits per heavy atom. The molecule has 0 bridgehead atoms. The van der Waals surface area contributed by atoms with E-state index in [1.54, 1.807) is 0 Å². The molecule has 0 aliphatic heterocycles. The van der Waals surface area contributed by atoms with Crippen molar-refractivity contribution in [3.05, 3.63) is 11.8 Å². The van der Waals surface area contributed by atoms with Crippen molar-refractivity contribution in [2.24, 2.45) is 5.92 Å². The van der Waals surface area contributed by atoms with E-state index in [-0.39, 0.29) is 0 Å². The van der Waals surface area contributed by atoms with E-state index >= 15 is 0 Å². The van der Waals surface area contributed by atoms with Crippen LogP contribution in [-0.4, -0.2) is 23.3 Å². The van der Waals surface area contributed by atoms with Gasteiger partial charge in [-0.25, -0.2) is 0 Å². The predicted molar refractivity (Wildman–Crippen MR) is 53.0 cm³/mol. The van der Waals surface area contributed by atoms with E-state index in [1.165, 1.54) is 12.8 Å². The standard InChI is InChI=1S/C10H17N3O/c1-2-11-6-5-9-12-13-10(14-9)7-8-3-4-8/h8,11H,2-7H2,1H3.